The molecule has 0 spiro atoms. The molecular formula is C12H25NOSi. The van der Waals surface area contributed by atoms with Crippen molar-refractivity contribution in [3.05, 3.63) is 24.1 Å². The quantitative estimate of drug-likeness (QED) is 0.416. The molecule has 3 heteroatoms. The standard InChI is InChI=1S/C12H25NOSi/c1-10(12(2,3)4)9-11(13(5)6)14-15(7)8/h9,15H,1H2,2-8H3/b11-9-. The summed E-state index contributed by atoms with van der Waals surface area (Å²) in [4.78, 5) is 2.00. The second-order valence-electron chi connectivity index (χ2n) is 5.32. The monoisotopic (exact) mass is 227 g/mol. The fourth-order valence-corrected chi connectivity index (χ4v) is 1.64. The fourth-order valence-electron chi connectivity index (χ4n) is 0.876. The summed E-state index contributed by atoms with van der Waals surface area (Å²) in [5.41, 5.74) is 1.20. The van der Waals surface area contributed by atoms with Crippen LogP contribution in [0.3, 0.4) is 0 Å². The van der Waals surface area contributed by atoms with Crippen molar-refractivity contribution in [1.82, 2.24) is 4.90 Å². The largest absolute Gasteiger partial charge is 0.535 e. The van der Waals surface area contributed by atoms with Crippen molar-refractivity contribution in [2.24, 2.45) is 5.41 Å². The van der Waals surface area contributed by atoms with E-state index >= 15 is 0 Å². The van der Waals surface area contributed by atoms with Crippen molar-refractivity contribution in [2.45, 2.75) is 33.9 Å². The van der Waals surface area contributed by atoms with Gasteiger partial charge in [0.1, 0.15) is 0 Å². The lowest BCUT2D eigenvalue weighted by Crippen LogP contribution is -2.20. The van der Waals surface area contributed by atoms with Crippen LogP contribution in [0.2, 0.25) is 13.1 Å². The molecule has 0 saturated heterocycles. The average Bonchev–Trinajstić information content (AvgIpc) is 1.99. The van der Waals surface area contributed by atoms with E-state index in [4.69, 9.17) is 4.43 Å². The molecule has 0 radical (unpaired) electrons. The Morgan fingerprint density at radius 1 is 1.27 bits per heavy atom. The van der Waals surface area contributed by atoms with Gasteiger partial charge in [-0.3, -0.25) is 0 Å². The van der Waals surface area contributed by atoms with Crippen LogP contribution in [0.15, 0.2) is 24.1 Å². The Balaban J connectivity index is 4.77. The molecule has 88 valence electrons. The first-order valence-electron chi connectivity index (χ1n) is 5.39. The van der Waals surface area contributed by atoms with Gasteiger partial charge >= 0.3 is 0 Å². The lowest BCUT2D eigenvalue weighted by molar-refractivity contribution is 0.284. The highest BCUT2D eigenvalue weighted by Gasteiger charge is 2.15. The highest BCUT2D eigenvalue weighted by molar-refractivity contribution is 6.48. The van der Waals surface area contributed by atoms with E-state index in [1.165, 1.54) is 0 Å². The second-order valence-corrected chi connectivity index (χ2v) is 7.65. The molecule has 0 fully saturated rings. The van der Waals surface area contributed by atoms with Crippen molar-refractivity contribution in [3.63, 3.8) is 0 Å². The van der Waals surface area contributed by atoms with E-state index in [0.29, 0.717) is 0 Å². The molecule has 15 heavy (non-hydrogen) atoms. The Hall–Kier alpha value is -0.703. The van der Waals surface area contributed by atoms with Crippen LogP contribution < -0.4 is 0 Å². The molecule has 0 aliphatic rings. The molecule has 0 unspecified atom stereocenters. The zero-order valence-electron chi connectivity index (χ0n) is 11.2. The summed E-state index contributed by atoms with van der Waals surface area (Å²) < 4.78 is 5.84. The summed E-state index contributed by atoms with van der Waals surface area (Å²) in [6.07, 6.45) is 2.05. The maximum atomic E-state index is 5.84. The van der Waals surface area contributed by atoms with E-state index in [-0.39, 0.29) is 5.41 Å². The van der Waals surface area contributed by atoms with Gasteiger partial charge in [0.15, 0.2) is 5.88 Å². The number of nitrogens with zero attached hydrogens (tertiary/aromatic N) is 1. The van der Waals surface area contributed by atoms with Gasteiger partial charge in [-0.1, -0.05) is 27.4 Å². The lowest BCUT2D eigenvalue weighted by atomic mass is 9.87. The molecule has 0 aliphatic heterocycles. The minimum atomic E-state index is -1.05. The number of allylic oxidation sites excluding steroid dienone is 2. The molecule has 0 aromatic carbocycles. The first-order valence-corrected chi connectivity index (χ1v) is 8.17. The maximum absolute atomic E-state index is 5.84. The van der Waals surface area contributed by atoms with Crippen LogP contribution in [0.1, 0.15) is 20.8 Å². The highest BCUT2D eigenvalue weighted by Crippen LogP contribution is 2.26. The van der Waals surface area contributed by atoms with Crippen molar-refractivity contribution in [3.8, 4) is 0 Å². The van der Waals surface area contributed by atoms with Gasteiger partial charge in [0.25, 0.3) is 0 Å². The van der Waals surface area contributed by atoms with E-state index in [9.17, 15) is 0 Å². The van der Waals surface area contributed by atoms with Gasteiger partial charge in [0.05, 0.1) is 0 Å². The van der Waals surface area contributed by atoms with Crippen molar-refractivity contribution in [2.75, 3.05) is 14.1 Å². The van der Waals surface area contributed by atoms with Crippen LogP contribution in [-0.2, 0) is 4.43 Å². The molecule has 0 aliphatic carbocycles. The Kier molecular flexibility index (Phi) is 5.15. The summed E-state index contributed by atoms with van der Waals surface area (Å²) in [6.45, 7) is 14.9. The summed E-state index contributed by atoms with van der Waals surface area (Å²) in [5.74, 6) is 0.927. The smallest absolute Gasteiger partial charge is 0.231 e. The fraction of sp³-hybridized carbons (Fsp3) is 0.667. The molecule has 2 nitrogen and oxygen atoms in total. The molecule has 0 rings (SSSR count). The summed E-state index contributed by atoms with van der Waals surface area (Å²) in [6, 6.07) is 0. The Labute approximate surface area is 96.3 Å². The van der Waals surface area contributed by atoms with Gasteiger partial charge in [-0.05, 0) is 30.2 Å². The van der Waals surface area contributed by atoms with Crippen LogP contribution in [0, 0.1) is 5.41 Å². The number of hydrogen-bond acceptors (Lipinski definition) is 2. The molecule has 0 aromatic rings. The van der Waals surface area contributed by atoms with Crippen LogP contribution >= 0.6 is 0 Å². The number of rotatable bonds is 4. The zero-order valence-corrected chi connectivity index (χ0v) is 12.4. The Bertz CT molecular complexity index is 249. The summed E-state index contributed by atoms with van der Waals surface area (Å²) in [5, 5.41) is 0. The van der Waals surface area contributed by atoms with Gasteiger partial charge in [0, 0.05) is 14.1 Å². The average molecular weight is 227 g/mol. The Morgan fingerprint density at radius 2 is 1.73 bits per heavy atom. The van der Waals surface area contributed by atoms with Gasteiger partial charge < -0.3 is 9.33 Å². The molecule has 0 heterocycles. The minimum Gasteiger partial charge on any atom is -0.535 e. The van der Waals surface area contributed by atoms with E-state index in [1.807, 2.05) is 25.1 Å². The second kappa shape index (κ2) is 5.40. The molecule has 0 N–H and O–H groups in total. The Morgan fingerprint density at radius 3 is 2.00 bits per heavy atom. The third-order valence-electron chi connectivity index (χ3n) is 2.06. The van der Waals surface area contributed by atoms with Crippen LogP contribution in [0.4, 0.5) is 0 Å². The van der Waals surface area contributed by atoms with Crippen molar-refractivity contribution < 1.29 is 4.43 Å². The summed E-state index contributed by atoms with van der Waals surface area (Å²) >= 11 is 0. The van der Waals surface area contributed by atoms with E-state index in [1.54, 1.807) is 0 Å². The van der Waals surface area contributed by atoms with E-state index in [0.717, 1.165) is 11.5 Å². The number of hydrogen-bond donors (Lipinski definition) is 0. The highest BCUT2D eigenvalue weighted by atomic mass is 28.3. The molecule has 0 atom stereocenters. The topological polar surface area (TPSA) is 12.5 Å². The normalized spacial score (nSPS) is 12.9. The minimum absolute atomic E-state index is 0.100. The predicted octanol–water partition coefficient (Wildman–Crippen LogP) is 2.99. The third-order valence-corrected chi connectivity index (χ3v) is 2.77. The SMILES string of the molecule is C=C(/C=C(\O[SiH](C)C)N(C)C)C(C)(C)C. The lowest BCUT2D eigenvalue weighted by Gasteiger charge is -2.24. The van der Waals surface area contributed by atoms with E-state index in [2.05, 4.69) is 40.4 Å². The van der Waals surface area contributed by atoms with Crippen LogP contribution in [-0.4, -0.2) is 28.0 Å². The molecule has 0 bridgehead atoms. The van der Waals surface area contributed by atoms with Crippen LogP contribution in [0.25, 0.3) is 0 Å². The first-order chi connectivity index (χ1) is 6.64. The maximum Gasteiger partial charge on any atom is 0.231 e. The predicted molar refractivity (Wildman–Crippen MR) is 70.3 cm³/mol. The van der Waals surface area contributed by atoms with Gasteiger partial charge in [-0.25, -0.2) is 0 Å². The molecule has 0 saturated carbocycles. The van der Waals surface area contributed by atoms with Crippen molar-refractivity contribution >= 4 is 9.04 Å². The van der Waals surface area contributed by atoms with Gasteiger partial charge in [-0.15, -0.1) is 0 Å². The van der Waals surface area contributed by atoms with Gasteiger partial charge in [-0.2, -0.15) is 0 Å². The zero-order chi connectivity index (χ0) is 12.2. The van der Waals surface area contributed by atoms with E-state index < -0.39 is 9.04 Å². The first kappa shape index (κ1) is 14.3. The molecule has 0 amide bonds. The molecule has 0 aromatic heterocycles. The third kappa shape index (κ3) is 5.67. The summed E-state index contributed by atoms with van der Waals surface area (Å²) in [7, 11) is 2.95. The van der Waals surface area contributed by atoms with Crippen molar-refractivity contribution in [1.29, 1.82) is 0 Å². The van der Waals surface area contributed by atoms with Crippen LogP contribution in [0.5, 0.6) is 0 Å². The van der Waals surface area contributed by atoms with Gasteiger partial charge in [0.2, 0.25) is 9.04 Å². The molecular weight excluding hydrogens is 202 g/mol.